The highest BCUT2D eigenvalue weighted by atomic mass is 19.4. The molecule has 7 heteroatoms. The molecule has 0 saturated carbocycles. The summed E-state index contributed by atoms with van der Waals surface area (Å²) in [5, 5.41) is 9.57. The number of amides is 1. The molecule has 2 heterocycles. The van der Waals surface area contributed by atoms with Gasteiger partial charge in [-0.05, 0) is 38.6 Å². The molecule has 0 radical (unpaired) electrons. The van der Waals surface area contributed by atoms with Gasteiger partial charge in [-0.3, -0.25) is 9.69 Å². The molecule has 0 aromatic carbocycles. The third-order valence-corrected chi connectivity index (χ3v) is 4.25. The molecule has 2 rings (SSSR count). The minimum Gasteiger partial charge on any atom is -0.393 e. The number of carbonyl (C=O) groups excluding carboxylic acids is 1. The van der Waals surface area contributed by atoms with Crippen molar-refractivity contribution in [2.75, 3.05) is 26.2 Å². The van der Waals surface area contributed by atoms with Gasteiger partial charge in [0.25, 0.3) is 0 Å². The second kappa shape index (κ2) is 5.89. The van der Waals surface area contributed by atoms with Gasteiger partial charge in [0.15, 0.2) is 0 Å². The van der Waals surface area contributed by atoms with Gasteiger partial charge in [0.2, 0.25) is 5.91 Å². The van der Waals surface area contributed by atoms with E-state index in [0.29, 0.717) is 25.9 Å². The average molecular weight is 294 g/mol. The topological polar surface area (TPSA) is 43.8 Å². The van der Waals surface area contributed by atoms with Crippen LogP contribution < -0.4 is 0 Å². The molecule has 0 aromatic heterocycles. The van der Waals surface area contributed by atoms with Crippen molar-refractivity contribution in [3.05, 3.63) is 0 Å². The molecule has 2 aliphatic rings. The Kier molecular flexibility index (Phi) is 4.59. The first-order valence-electron chi connectivity index (χ1n) is 7.05. The third-order valence-electron chi connectivity index (χ3n) is 4.25. The molecular formula is C13H21F3N2O2. The summed E-state index contributed by atoms with van der Waals surface area (Å²) in [6.45, 7) is 2.01. The zero-order valence-electron chi connectivity index (χ0n) is 11.6. The van der Waals surface area contributed by atoms with E-state index in [9.17, 15) is 23.1 Å². The maximum atomic E-state index is 12.4. The first-order valence-corrected chi connectivity index (χ1v) is 7.05. The van der Waals surface area contributed by atoms with Gasteiger partial charge in [-0.15, -0.1) is 0 Å². The number of hydrogen-bond donors (Lipinski definition) is 1. The van der Waals surface area contributed by atoms with Crippen LogP contribution in [0.3, 0.4) is 0 Å². The van der Waals surface area contributed by atoms with Crippen LogP contribution in [-0.4, -0.2) is 65.3 Å². The Morgan fingerprint density at radius 1 is 1.35 bits per heavy atom. The lowest BCUT2D eigenvalue weighted by Gasteiger charge is -2.37. The molecule has 0 bridgehead atoms. The Morgan fingerprint density at radius 3 is 2.60 bits per heavy atom. The van der Waals surface area contributed by atoms with Gasteiger partial charge in [0, 0.05) is 13.1 Å². The number of rotatable bonds is 3. The van der Waals surface area contributed by atoms with E-state index in [-0.39, 0.29) is 12.5 Å². The summed E-state index contributed by atoms with van der Waals surface area (Å²) in [4.78, 5) is 15.0. The van der Waals surface area contributed by atoms with Crippen LogP contribution in [0.25, 0.3) is 0 Å². The molecule has 20 heavy (non-hydrogen) atoms. The standard InChI is InChI=1S/C13H21F3N2O2/c1-9(19)10-4-6-17(7-10)11-3-2-5-18(12(11)20)8-13(14,15)16/h9-11,19H,2-8H2,1H3. The molecule has 116 valence electrons. The fourth-order valence-electron chi connectivity index (χ4n) is 3.12. The van der Waals surface area contributed by atoms with E-state index in [1.54, 1.807) is 6.92 Å². The van der Waals surface area contributed by atoms with Crippen LogP contribution in [0.4, 0.5) is 13.2 Å². The van der Waals surface area contributed by atoms with Crippen LogP contribution in [0.2, 0.25) is 0 Å². The van der Waals surface area contributed by atoms with Crippen molar-refractivity contribution in [1.29, 1.82) is 0 Å². The van der Waals surface area contributed by atoms with E-state index in [4.69, 9.17) is 0 Å². The van der Waals surface area contributed by atoms with E-state index < -0.39 is 30.8 Å². The Labute approximate surface area is 116 Å². The Balaban J connectivity index is 1.97. The van der Waals surface area contributed by atoms with Gasteiger partial charge in [-0.1, -0.05) is 0 Å². The van der Waals surface area contributed by atoms with E-state index in [1.807, 2.05) is 4.90 Å². The zero-order chi connectivity index (χ0) is 14.9. The number of carbonyl (C=O) groups is 1. The Hall–Kier alpha value is -0.820. The molecule has 3 unspecified atom stereocenters. The lowest BCUT2D eigenvalue weighted by Crippen LogP contribution is -2.54. The molecule has 2 saturated heterocycles. The van der Waals surface area contributed by atoms with Gasteiger partial charge < -0.3 is 10.0 Å². The van der Waals surface area contributed by atoms with Crippen LogP contribution in [0.15, 0.2) is 0 Å². The highest BCUT2D eigenvalue weighted by molar-refractivity contribution is 5.82. The monoisotopic (exact) mass is 294 g/mol. The number of halogens is 3. The molecule has 0 aromatic rings. The van der Waals surface area contributed by atoms with Crippen molar-refractivity contribution in [2.24, 2.45) is 5.92 Å². The summed E-state index contributed by atoms with van der Waals surface area (Å²) in [7, 11) is 0. The van der Waals surface area contributed by atoms with Gasteiger partial charge in [-0.25, -0.2) is 0 Å². The second-order valence-electron chi connectivity index (χ2n) is 5.82. The van der Waals surface area contributed by atoms with Crippen LogP contribution in [0.5, 0.6) is 0 Å². The molecule has 1 N–H and O–H groups in total. The third kappa shape index (κ3) is 3.63. The lowest BCUT2D eigenvalue weighted by atomic mass is 10.0. The smallest absolute Gasteiger partial charge is 0.393 e. The van der Waals surface area contributed by atoms with Gasteiger partial charge in [-0.2, -0.15) is 13.2 Å². The molecule has 0 spiro atoms. The first-order chi connectivity index (χ1) is 9.28. The van der Waals surface area contributed by atoms with Crippen molar-refractivity contribution in [3.63, 3.8) is 0 Å². The van der Waals surface area contributed by atoms with Crippen LogP contribution in [-0.2, 0) is 4.79 Å². The van der Waals surface area contributed by atoms with E-state index in [2.05, 4.69) is 0 Å². The molecular weight excluding hydrogens is 273 g/mol. The van der Waals surface area contributed by atoms with E-state index >= 15 is 0 Å². The molecule has 4 nitrogen and oxygen atoms in total. The van der Waals surface area contributed by atoms with E-state index in [0.717, 1.165) is 11.3 Å². The van der Waals surface area contributed by atoms with Crippen molar-refractivity contribution in [1.82, 2.24) is 9.80 Å². The van der Waals surface area contributed by atoms with Crippen LogP contribution in [0.1, 0.15) is 26.2 Å². The zero-order valence-corrected chi connectivity index (χ0v) is 11.6. The summed E-state index contributed by atoms with van der Waals surface area (Å²) < 4.78 is 37.3. The number of piperidine rings is 1. The summed E-state index contributed by atoms with van der Waals surface area (Å²) in [6, 6.07) is -0.449. The maximum Gasteiger partial charge on any atom is 0.406 e. The second-order valence-corrected chi connectivity index (χ2v) is 5.82. The highest BCUT2D eigenvalue weighted by Crippen LogP contribution is 2.27. The number of aliphatic hydroxyl groups excluding tert-OH is 1. The summed E-state index contributed by atoms with van der Waals surface area (Å²) in [5.41, 5.74) is 0. The first kappa shape index (κ1) is 15.6. The fraction of sp³-hybridized carbons (Fsp3) is 0.923. The summed E-state index contributed by atoms with van der Waals surface area (Å²) >= 11 is 0. The molecule has 2 fully saturated rings. The predicted molar refractivity (Wildman–Crippen MR) is 67.0 cm³/mol. The Bertz CT molecular complexity index is 360. The highest BCUT2D eigenvalue weighted by Gasteiger charge is 2.41. The van der Waals surface area contributed by atoms with Crippen molar-refractivity contribution >= 4 is 5.91 Å². The van der Waals surface area contributed by atoms with Gasteiger partial charge in [0.1, 0.15) is 6.54 Å². The van der Waals surface area contributed by atoms with Crippen molar-refractivity contribution in [3.8, 4) is 0 Å². The van der Waals surface area contributed by atoms with Crippen molar-refractivity contribution in [2.45, 2.75) is 44.5 Å². The Morgan fingerprint density at radius 2 is 2.05 bits per heavy atom. The predicted octanol–water partition coefficient (Wildman–Crippen LogP) is 1.24. The molecule has 3 atom stereocenters. The number of aliphatic hydroxyl groups is 1. The lowest BCUT2D eigenvalue weighted by molar-refractivity contribution is -0.167. The van der Waals surface area contributed by atoms with Crippen LogP contribution in [0, 0.1) is 5.92 Å². The number of nitrogens with zero attached hydrogens (tertiary/aromatic N) is 2. The number of hydrogen-bond acceptors (Lipinski definition) is 3. The number of alkyl halides is 3. The average Bonchev–Trinajstić information content (AvgIpc) is 2.79. The maximum absolute atomic E-state index is 12.4. The minimum absolute atomic E-state index is 0.112. The fourth-order valence-corrected chi connectivity index (χ4v) is 3.12. The summed E-state index contributed by atoms with van der Waals surface area (Å²) in [6.07, 6.45) is -2.78. The van der Waals surface area contributed by atoms with Gasteiger partial charge >= 0.3 is 6.18 Å². The normalized spacial score (nSPS) is 30.9. The molecule has 0 aliphatic carbocycles. The van der Waals surface area contributed by atoms with Gasteiger partial charge in [0.05, 0.1) is 12.1 Å². The minimum atomic E-state index is -4.34. The summed E-state index contributed by atoms with van der Waals surface area (Å²) in [5.74, 6) is -0.305. The van der Waals surface area contributed by atoms with E-state index in [1.165, 1.54) is 0 Å². The van der Waals surface area contributed by atoms with Crippen LogP contribution >= 0.6 is 0 Å². The van der Waals surface area contributed by atoms with Crippen molar-refractivity contribution < 1.29 is 23.1 Å². The molecule has 1 amide bonds. The SMILES string of the molecule is CC(O)C1CCN(C2CCCN(CC(F)(F)F)C2=O)C1. The number of likely N-dealkylation sites (tertiary alicyclic amines) is 2. The molecule has 2 aliphatic heterocycles. The quantitative estimate of drug-likeness (QED) is 0.852. The largest absolute Gasteiger partial charge is 0.406 e.